The Morgan fingerprint density at radius 1 is 1.64 bits per heavy atom. The summed E-state index contributed by atoms with van der Waals surface area (Å²) in [7, 11) is 0. The lowest BCUT2D eigenvalue weighted by molar-refractivity contribution is -0.119. The second kappa shape index (κ2) is 3.72. The first-order valence-corrected chi connectivity index (χ1v) is 4.16. The van der Waals surface area contributed by atoms with Gasteiger partial charge in [-0.3, -0.25) is 4.79 Å². The molecule has 1 aliphatic rings. The van der Waals surface area contributed by atoms with Crippen LogP contribution >= 0.6 is 0 Å². The van der Waals surface area contributed by atoms with E-state index in [1.165, 1.54) is 0 Å². The van der Waals surface area contributed by atoms with Crippen LogP contribution in [-0.4, -0.2) is 37.0 Å². The Kier molecular flexibility index (Phi) is 2.88. The van der Waals surface area contributed by atoms with E-state index in [-0.39, 0.29) is 0 Å². The minimum absolute atomic E-state index is 0.481. The van der Waals surface area contributed by atoms with E-state index in [9.17, 15) is 4.79 Å². The molecule has 1 aliphatic heterocycles. The van der Waals surface area contributed by atoms with Crippen molar-refractivity contribution in [1.82, 2.24) is 10.2 Å². The van der Waals surface area contributed by atoms with Crippen LogP contribution in [0.1, 0.15) is 13.8 Å². The van der Waals surface area contributed by atoms with Gasteiger partial charge < -0.3 is 10.2 Å². The molecule has 1 N–H and O–H groups in total. The number of nitrogens with zero attached hydrogens (tertiary/aromatic N) is 1. The van der Waals surface area contributed by atoms with Crippen molar-refractivity contribution in [2.45, 2.75) is 19.9 Å². The molecule has 1 atom stereocenters. The molecule has 3 heteroatoms. The first kappa shape index (κ1) is 8.53. The summed E-state index contributed by atoms with van der Waals surface area (Å²) >= 11 is 0. The Morgan fingerprint density at radius 2 is 2.36 bits per heavy atom. The van der Waals surface area contributed by atoms with E-state index < -0.39 is 0 Å². The van der Waals surface area contributed by atoms with Crippen LogP contribution in [0.2, 0.25) is 0 Å². The molecule has 0 radical (unpaired) electrons. The molecule has 11 heavy (non-hydrogen) atoms. The Morgan fingerprint density at radius 3 is 2.91 bits per heavy atom. The summed E-state index contributed by atoms with van der Waals surface area (Å²) in [6, 6.07) is 0.481. The topological polar surface area (TPSA) is 32.3 Å². The maximum atomic E-state index is 10.4. The monoisotopic (exact) mass is 156 g/mol. The van der Waals surface area contributed by atoms with Crippen molar-refractivity contribution in [1.29, 1.82) is 0 Å². The van der Waals surface area contributed by atoms with Crippen molar-refractivity contribution >= 4 is 6.41 Å². The minimum atomic E-state index is 0.481. The zero-order valence-electron chi connectivity index (χ0n) is 7.21. The van der Waals surface area contributed by atoms with E-state index >= 15 is 0 Å². The lowest BCUT2D eigenvalue weighted by Crippen LogP contribution is -2.52. The zero-order valence-corrected chi connectivity index (χ0v) is 7.21. The van der Waals surface area contributed by atoms with E-state index in [4.69, 9.17) is 0 Å². The Labute approximate surface area is 67.8 Å². The normalized spacial score (nSPS) is 25.7. The number of carbonyl (C=O) groups is 1. The molecule has 64 valence electrons. The molecule has 3 nitrogen and oxygen atoms in total. The van der Waals surface area contributed by atoms with Crippen LogP contribution in [-0.2, 0) is 4.79 Å². The van der Waals surface area contributed by atoms with Crippen LogP contribution in [0.5, 0.6) is 0 Å². The van der Waals surface area contributed by atoms with Crippen LogP contribution < -0.4 is 5.32 Å². The quantitative estimate of drug-likeness (QED) is 0.574. The molecular formula is C8H16N2O. The van der Waals surface area contributed by atoms with Crippen LogP contribution in [0.4, 0.5) is 0 Å². The predicted molar refractivity (Wildman–Crippen MR) is 44.3 cm³/mol. The lowest BCUT2D eigenvalue weighted by Gasteiger charge is -2.33. The van der Waals surface area contributed by atoms with Gasteiger partial charge in [0.15, 0.2) is 0 Å². The van der Waals surface area contributed by atoms with Crippen molar-refractivity contribution in [3.05, 3.63) is 0 Å². The molecule has 0 spiro atoms. The first-order chi connectivity index (χ1) is 5.24. The Balaban J connectivity index is 2.39. The van der Waals surface area contributed by atoms with Crippen LogP contribution in [0.3, 0.4) is 0 Å². The Hall–Kier alpha value is -0.570. The molecule has 0 aromatic rings. The number of carbonyl (C=O) groups excluding carboxylic acids is 1. The maximum Gasteiger partial charge on any atom is 0.209 e. The van der Waals surface area contributed by atoms with E-state index in [0.717, 1.165) is 26.0 Å². The average Bonchev–Trinajstić information content (AvgIpc) is 2.05. The Bertz CT molecular complexity index is 136. The van der Waals surface area contributed by atoms with Crippen molar-refractivity contribution in [3.63, 3.8) is 0 Å². The summed E-state index contributed by atoms with van der Waals surface area (Å²) in [4.78, 5) is 12.3. The lowest BCUT2D eigenvalue weighted by atomic mass is 10.0. The highest BCUT2D eigenvalue weighted by atomic mass is 16.1. The largest absolute Gasteiger partial charge is 0.342 e. The van der Waals surface area contributed by atoms with E-state index in [1.807, 2.05) is 4.90 Å². The fourth-order valence-corrected chi connectivity index (χ4v) is 1.34. The van der Waals surface area contributed by atoms with Gasteiger partial charge in [0.1, 0.15) is 0 Å². The highest BCUT2D eigenvalue weighted by molar-refractivity contribution is 5.47. The van der Waals surface area contributed by atoms with E-state index in [2.05, 4.69) is 19.2 Å². The molecule has 1 amide bonds. The number of nitrogens with one attached hydrogen (secondary N) is 1. The van der Waals surface area contributed by atoms with Gasteiger partial charge in [0, 0.05) is 25.7 Å². The number of rotatable bonds is 2. The molecule has 0 unspecified atom stereocenters. The summed E-state index contributed by atoms with van der Waals surface area (Å²) in [6.45, 7) is 6.99. The van der Waals surface area contributed by atoms with Crippen molar-refractivity contribution in [2.75, 3.05) is 19.6 Å². The van der Waals surface area contributed by atoms with Crippen molar-refractivity contribution in [3.8, 4) is 0 Å². The highest BCUT2D eigenvalue weighted by Gasteiger charge is 2.19. The second-order valence-corrected chi connectivity index (χ2v) is 3.40. The number of amides is 1. The molecule has 1 rings (SSSR count). The van der Waals surface area contributed by atoms with Gasteiger partial charge in [-0.2, -0.15) is 0 Å². The zero-order chi connectivity index (χ0) is 8.27. The summed E-state index contributed by atoms with van der Waals surface area (Å²) in [6.07, 6.45) is 0.941. The average molecular weight is 156 g/mol. The number of hydrogen-bond donors (Lipinski definition) is 1. The molecule has 0 aromatic carbocycles. The minimum Gasteiger partial charge on any atom is -0.342 e. The molecule has 0 aromatic heterocycles. The predicted octanol–water partition coefficient (Wildman–Crippen LogP) is 0.0726. The third-order valence-electron chi connectivity index (χ3n) is 2.19. The smallest absolute Gasteiger partial charge is 0.209 e. The molecule has 0 bridgehead atoms. The summed E-state index contributed by atoms with van der Waals surface area (Å²) in [5, 5.41) is 3.38. The molecule has 0 saturated carbocycles. The highest BCUT2D eigenvalue weighted by Crippen LogP contribution is 2.05. The third-order valence-corrected chi connectivity index (χ3v) is 2.19. The number of hydrogen-bond acceptors (Lipinski definition) is 2. The molecule has 1 heterocycles. The first-order valence-electron chi connectivity index (χ1n) is 4.16. The van der Waals surface area contributed by atoms with E-state index in [1.54, 1.807) is 0 Å². The SMILES string of the molecule is CC(C)[C@H]1CN(C=O)CCN1. The summed E-state index contributed by atoms with van der Waals surface area (Å²) < 4.78 is 0. The van der Waals surface area contributed by atoms with Crippen LogP contribution in [0.15, 0.2) is 0 Å². The van der Waals surface area contributed by atoms with Crippen molar-refractivity contribution in [2.24, 2.45) is 5.92 Å². The van der Waals surface area contributed by atoms with E-state index in [0.29, 0.717) is 12.0 Å². The summed E-state index contributed by atoms with van der Waals surface area (Å²) in [5.41, 5.74) is 0. The maximum absolute atomic E-state index is 10.4. The van der Waals surface area contributed by atoms with Gasteiger partial charge in [-0.1, -0.05) is 13.8 Å². The molecule has 1 fully saturated rings. The van der Waals surface area contributed by atoms with Gasteiger partial charge in [-0.25, -0.2) is 0 Å². The van der Waals surface area contributed by atoms with Gasteiger partial charge in [0.05, 0.1) is 0 Å². The van der Waals surface area contributed by atoms with Gasteiger partial charge in [-0.05, 0) is 5.92 Å². The fraction of sp³-hybridized carbons (Fsp3) is 0.875. The molecule has 1 saturated heterocycles. The fourth-order valence-electron chi connectivity index (χ4n) is 1.34. The van der Waals surface area contributed by atoms with Crippen LogP contribution in [0, 0.1) is 5.92 Å². The van der Waals surface area contributed by atoms with Crippen LogP contribution in [0.25, 0.3) is 0 Å². The number of piperazine rings is 1. The van der Waals surface area contributed by atoms with Gasteiger partial charge in [0.2, 0.25) is 6.41 Å². The third kappa shape index (κ3) is 2.19. The van der Waals surface area contributed by atoms with Crippen molar-refractivity contribution < 1.29 is 4.79 Å². The van der Waals surface area contributed by atoms with Gasteiger partial charge in [0.25, 0.3) is 0 Å². The molecular weight excluding hydrogens is 140 g/mol. The standard InChI is InChI=1S/C8H16N2O/c1-7(2)8-5-10(6-11)4-3-9-8/h6-9H,3-5H2,1-2H3/t8-/m1/s1. The van der Waals surface area contributed by atoms with Gasteiger partial charge in [-0.15, -0.1) is 0 Å². The second-order valence-electron chi connectivity index (χ2n) is 3.40. The molecule has 0 aliphatic carbocycles. The summed E-state index contributed by atoms with van der Waals surface area (Å²) in [5.74, 6) is 0.609. The van der Waals surface area contributed by atoms with Gasteiger partial charge >= 0.3 is 0 Å².